The molecule has 1 heterocycles. The number of carbonyl (C=O) groups excluding carboxylic acids is 1. The lowest BCUT2D eigenvalue weighted by atomic mass is 10.2. The molecular formula is C22H14Cl4N4O. The Morgan fingerprint density at radius 1 is 0.903 bits per heavy atom. The number of aryl methyl sites for hydroxylation is 1. The van der Waals surface area contributed by atoms with Gasteiger partial charge in [0.15, 0.2) is 5.82 Å². The fraction of sp³-hybridized carbons (Fsp3) is 0.0455. The van der Waals surface area contributed by atoms with E-state index in [1.165, 1.54) is 0 Å². The summed E-state index contributed by atoms with van der Waals surface area (Å²) in [4.78, 5) is 17.4. The van der Waals surface area contributed by atoms with Crippen LogP contribution in [0.2, 0.25) is 20.1 Å². The molecule has 0 radical (unpaired) electrons. The van der Waals surface area contributed by atoms with Crippen molar-refractivity contribution in [2.45, 2.75) is 6.92 Å². The van der Waals surface area contributed by atoms with Crippen LogP contribution in [-0.4, -0.2) is 20.7 Å². The minimum absolute atomic E-state index is 0.0274. The van der Waals surface area contributed by atoms with Crippen molar-refractivity contribution in [1.29, 1.82) is 0 Å². The standard InChI is InChI=1S/C22H14Cl4N4O/c1-12-5-6-15(24)10-19(12)30-21(13-3-2-4-14(23)9-13)28-20(29-30)22(31)27-16-7-8-17(25)18(26)11-16/h2-11H,1H3,(H,27,31). The molecule has 156 valence electrons. The highest BCUT2D eigenvalue weighted by molar-refractivity contribution is 6.42. The molecule has 1 amide bonds. The zero-order valence-electron chi connectivity index (χ0n) is 16.0. The third-order valence-corrected chi connectivity index (χ3v) is 5.68. The highest BCUT2D eigenvalue weighted by Crippen LogP contribution is 2.28. The van der Waals surface area contributed by atoms with Gasteiger partial charge in [-0.3, -0.25) is 4.79 Å². The number of hydrogen-bond donors (Lipinski definition) is 1. The first-order valence-corrected chi connectivity index (χ1v) is 10.6. The van der Waals surface area contributed by atoms with E-state index in [0.717, 1.165) is 5.56 Å². The molecule has 4 aromatic rings. The molecule has 0 bridgehead atoms. The van der Waals surface area contributed by atoms with Crippen LogP contribution in [0.4, 0.5) is 5.69 Å². The maximum atomic E-state index is 12.9. The topological polar surface area (TPSA) is 59.8 Å². The van der Waals surface area contributed by atoms with Crippen LogP contribution in [0.3, 0.4) is 0 Å². The molecule has 1 N–H and O–H groups in total. The molecule has 0 unspecified atom stereocenters. The third kappa shape index (κ3) is 4.70. The van der Waals surface area contributed by atoms with E-state index in [9.17, 15) is 4.79 Å². The largest absolute Gasteiger partial charge is 0.319 e. The highest BCUT2D eigenvalue weighted by Gasteiger charge is 2.20. The Kier molecular flexibility index (Phi) is 6.21. The Labute approximate surface area is 198 Å². The second-order valence-corrected chi connectivity index (χ2v) is 8.38. The van der Waals surface area contributed by atoms with Gasteiger partial charge in [0.25, 0.3) is 5.91 Å². The maximum Gasteiger partial charge on any atom is 0.295 e. The zero-order valence-corrected chi connectivity index (χ0v) is 19.1. The second-order valence-electron chi connectivity index (χ2n) is 6.69. The van der Waals surface area contributed by atoms with E-state index in [-0.39, 0.29) is 5.82 Å². The van der Waals surface area contributed by atoms with E-state index in [4.69, 9.17) is 46.4 Å². The van der Waals surface area contributed by atoms with Gasteiger partial charge >= 0.3 is 0 Å². The molecule has 31 heavy (non-hydrogen) atoms. The van der Waals surface area contributed by atoms with Crippen molar-refractivity contribution >= 4 is 58.0 Å². The monoisotopic (exact) mass is 490 g/mol. The van der Waals surface area contributed by atoms with Gasteiger partial charge in [-0.05, 0) is 55.0 Å². The van der Waals surface area contributed by atoms with E-state index >= 15 is 0 Å². The van der Waals surface area contributed by atoms with Crippen molar-refractivity contribution in [3.63, 3.8) is 0 Å². The summed E-state index contributed by atoms with van der Waals surface area (Å²) < 4.78 is 1.58. The van der Waals surface area contributed by atoms with Crippen LogP contribution < -0.4 is 5.32 Å². The first-order chi connectivity index (χ1) is 14.8. The van der Waals surface area contributed by atoms with Gasteiger partial charge in [-0.2, -0.15) is 0 Å². The van der Waals surface area contributed by atoms with Crippen molar-refractivity contribution in [2.75, 3.05) is 5.32 Å². The number of benzene rings is 3. The van der Waals surface area contributed by atoms with Gasteiger partial charge in [-0.1, -0.05) is 64.6 Å². The van der Waals surface area contributed by atoms with Crippen molar-refractivity contribution in [1.82, 2.24) is 14.8 Å². The molecule has 1 aromatic heterocycles. The molecule has 0 saturated heterocycles. The number of rotatable bonds is 4. The Bertz CT molecular complexity index is 1300. The van der Waals surface area contributed by atoms with E-state index < -0.39 is 5.91 Å². The van der Waals surface area contributed by atoms with Gasteiger partial charge in [-0.25, -0.2) is 9.67 Å². The zero-order chi connectivity index (χ0) is 22.1. The molecule has 4 rings (SSSR count). The summed E-state index contributed by atoms with van der Waals surface area (Å²) in [6, 6.07) is 17.4. The van der Waals surface area contributed by atoms with Crippen LogP contribution >= 0.6 is 46.4 Å². The smallest absolute Gasteiger partial charge is 0.295 e. The quantitative estimate of drug-likeness (QED) is 0.331. The second kappa shape index (κ2) is 8.89. The van der Waals surface area contributed by atoms with Gasteiger partial charge in [0, 0.05) is 21.3 Å². The van der Waals surface area contributed by atoms with E-state index in [1.807, 2.05) is 19.1 Å². The lowest BCUT2D eigenvalue weighted by Gasteiger charge is -2.09. The molecular weight excluding hydrogens is 478 g/mol. The number of carbonyl (C=O) groups is 1. The summed E-state index contributed by atoms with van der Waals surface area (Å²) in [5.41, 5.74) is 2.78. The van der Waals surface area contributed by atoms with E-state index in [2.05, 4.69) is 15.4 Å². The van der Waals surface area contributed by atoms with E-state index in [1.54, 1.807) is 53.2 Å². The van der Waals surface area contributed by atoms with Crippen LogP contribution in [0, 0.1) is 6.92 Å². The molecule has 0 saturated carbocycles. The summed E-state index contributed by atoms with van der Waals surface area (Å²) in [7, 11) is 0. The number of nitrogens with zero attached hydrogens (tertiary/aromatic N) is 3. The first-order valence-electron chi connectivity index (χ1n) is 9.08. The summed E-state index contributed by atoms with van der Waals surface area (Å²) >= 11 is 24.4. The van der Waals surface area contributed by atoms with Crippen molar-refractivity contribution in [3.05, 3.63) is 92.1 Å². The first kappa shape index (κ1) is 21.7. The SMILES string of the molecule is Cc1ccc(Cl)cc1-n1nc(C(=O)Nc2ccc(Cl)c(Cl)c2)nc1-c1cccc(Cl)c1. The molecule has 9 heteroatoms. The number of halogens is 4. The molecule has 0 aliphatic heterocycles. The lowest BCUT2D eigenvalue weighted by molar-refractivity contribution is 0.101. The third-order valence-electron chi connectivity index (χ3n) is 4.47. The number of amides is 1. The Hall–Kier alpha value is -2.57. The summed E-state index contributed by atoms with van der Waals surface area (Å²) in [5.74, 6) is -0.0762. The molecule has 0 aliphatic carbocycles. The summed E-state index contributed by atoms with van der Waals surface area (Å²) in [5, 5.41) is 8.98. The highest BCUT2D eigenvalue weighted by atomic mass is 35.5. The predicted molar refractivity (Wildman–Crippen MR) is 126 cm³/mol. The lowest BCUT2D eigenvalue weighted by Crippen LogP contribution is -2.14. The van der Waals surface area contributed by atoms with Crippen LogP contribution in [0.1, 0.15) is 16.2 Å². The van der Waals surface area contributed by atoms with Gasteiger partial charge in [0.1, 0.15) is 0 Å². The molecule has 0 fully saturated rings. The van der Waals surface area contributed by atoms with Gasteiger partial charge < -0.3 is 5.32 Å². The number of anilines is 1. The fourth-order valence-electron chi connectivity index (χ4n) is 2.96. The number of aromatic nitrogens is 3. The molecule has 3 aromatic carbocycles. The average Bonchev–Trinajstić information content (AvgIpc) is 3.18. The van der Waals surface area contributed by atoms with Crippen molar-refractivity contribution < 1.29 is 4.79 Å². The van der Waals surface area contributed by atoms with Crippen LogP contribution in [0.25, 0.3) is 17.1 Å². The van der Waals surface area contributed by atoms with Gasteiger partial charge in [0.05, 0.1) is 15.7 Å². The van der Waals surface area contributed by atoms with Gasteiger partial charge in [0.2, 0.25) is 5.82 Å². The Morgan fingerprint density at radius 2 is 1.68 bits per heavy atom. The fourth-order valence-corrected chi connectivity index (χ4v) is 3.62. The van der Waals surface area contributed by atoms with E-state index in [0.29, 0.717) is 42.9 Å². The van der Waals surface area contributed by atoms with Crippen LogP contribution in [0.5, 0.6) is 0 Å². The minimum Gasteiger partial charge on any atom is -0.319 e. The number of nitrogens with one attached hydrogen (secondary N) is 1. The van der Waals surface area contributed by atoms with Gasteiger partial charge in [-0.15, -0.1) is 5.10 Å². The normalized spacial score (nSPS) is 10.9. The van der Waals surface area contributed by atoms with Crippen LogP contribution in [0.15, 0.2) is 60.7 Å². The minimum atomic E-state index is -0.500. The molecule has 0 atom stereocenters. The maximum absolute atomic E-state index is 12.9. The molecule has 0 spiro atoms. The predicted octanol–water partition coefficient (Wildman–Crippen LogP) is 7.11. The van der Waals surface area contributed by atoms with Crippen molar-refractivity contribution in [3.8, 4) is 17.1 Å². The summed E-state index contributed by atoms with van der Waals surface area (Å²) in [6.45, 7) is 1.92. The summed E-state index contributed by atoms with van der Waals surface area (Å²) in [6.07, 6.45) is 0. The Morgan fingerprint density at radius 3 is 2.42 bits per heavy atom. The number of hydrogen-bond acceptors (Lipinski definition) is 3. The average molecular weight is 492 g/mol. The Balaban J connectivity index is 1.80. The molecule has 0 aliphatic rings. The van der Waals surface area contributed by atoms with Crippen molar-refractivity contribution in [2.24, 2.45) is 0 Å². The van der Waals surface area contributed by atoms with Crippen LogP contribution in [-0.2, 0) is 0 Å². The molecule has 5 nitrogen and oxygen atoms in total.